The molecule has 2 nitrogen and oxygen atoms in total. The summed E-state index contributed by atoms with van der Waals surface area (Å²) in [6.45, 7) is 2.05. The Labute approximate surface area is 60.6 Å². The summed E-state index contributed by atoms with van der Waals surface area (Å²) in [5, 5.41) is 0. The van der Waals surface area contributed by atoms with Crippen molar-refractivity contribution in [2.24, 2.45) is 5.92 Å². The molecule has 0 aromatic heterocycles. The lowest BCUT2D eigenvalue weighted by Gasteiger charge is -2.24. The Morgan fingerprint density at radius 1 is 1.70 bits per heavy atom. The van der Waals surface area contributed by atoms with Crippen molar-refractivity contribution in [1.82, 2.24) is 0 Å². The predicted octanol–water partition coefficient (Wildman–Crippen LogP) is 1.49. The molecule has 0 radical (unpaired) electrons. The predicted molar refractivity (Wildman–Crippen MR) is 36.5 cm³/mol. The first-order chi connectivity index (χ1) is 4.70. The molecule has 2 unspecified atom stereocenters. The fourth-order valence-corrected chi connectivity index (χ4v) is 2.07. The van der Waals surface area contributed by atoms with Crippen molar-refractivity contribution >= 4 is 5.97 Å². The smallest absolute Gasteiger partial charge is 0.309 e. The van der Waals surface area contributed by atoms with Gasteiger partial charge < -0.3 is 4.74 Å². The van der Waals surface area contributed by atoms with Gasteiger partial charge in [0.05, 0.1) is 5.92 Å². The molecule has 2 bridgehead atoms. The van der Waals surface area contributed by atoms with Gasteiger partial charge in [0.1, 0.15) is 5.60 Å². The number of rotatable bonds is 0. The average Bonchev–Trinajstić information content (AvgIpc) is 2.03. The lowest BCUT2D eigenvalue weighted by atomic mass is 9.82. The van der Waals surface area contributed by atoms with E-state index in [2.05, 4.69) is 0 Å². The third kappa shape index (κ3) is 0.746. The summed E-state index contributed by atoms with van der Waals surface area (Å²) in [4.78, 5) is 11.0. The second-order valence-corrected chi connectivity index (χ2v) is 3.66. The van der Waals surface area contributed by atoms with Crippen LogP contribution in [0.3, 0.4) is 0 Å². The van der Waals surface area contributed by atoms with Gasteiger partial charge in [-0.05, 0) is 26.2 Å². The van der Waals surface area contributed by atoms with Crippen LogP contribution in [0.25, 0.3) is 0 Å². The van der Waals surface area contributed by atoms with Gasteiger partial charge in [-0.3, -0.25) is 4.79 Å². The Morgan fingerprint density at radius 2 is 2.50 bits per heavy atom. The molecule has 2 aliphatic rings. The maximum atomic E-state index is 11.0. The van der Waals surface area contributed by atoms with Crippen LogP contribution in [0.5, 0.6) is 0 Å². The van der Waals surface area contributed by atoms with Gasteiger partial charge in [0.25, 0.3) is 0 Å². The Kier molecular flexibility index (Phi) is 1.08. The van der Waals surface area contributed by atoms with Crippen molar-refractivity contribution < 1.29 is 9.53 Å². The highest BCUT2D eigenvalue weighted by atomic mass is 16.6. The molecule has 0 aromatic carbocycles. The fourth-order valence-electron chi connectivity index (χ4n) is 2.07. The van der Waals surface area contributed by atoms with Crippen molar-refractivity contribution in [3.05, 3.63) is 0 Å². The zero-order valence-corrected chi connectivity index (χ0v) is 6.22. The van der Waals surface area contributed by atoms with Gasteiger partial charge in [-0.25, -0.2) is 0 Å². The second-order valence-electron chi connectivity index (χ2n) is 3.66. The van der Waals surface area contributed by atoms with E-state index in [0.29, 0.717) is 0 Å². The van der Waals surface area contributed by atoms with E-state index in [-0.39, 0.29) is 17.5 Å². The zero-order chi connectivity index (χ0) is 7.19. The minimum Gasteiger partial charge on any atom is -0.459 e. The van der Waals surface area contributed by atoms with Crippen molar-refractivity contribution in [3.8, 4) is 0 Å². The maximum Gasteiger partial charge on any atom is 0.309 e. The number of hydrogen-bond acceptors (Lipinski definition) is 2. The molecule has 56 valence electrons. The number of hydrogen-bond donors (Lipinski definition) is 0. The average molecular weight is 140 g/mol. The van der Waals surface area contributed by atoms with Crippen LogP contribution in [0.4, 0.5) is 0 Å². The molecule has 0 spiro atoms. The van der Waals surface area contributed by atoms with Crippen molar-refractivity contribution in [2.75, 3.05) is 0 Å². The summed E-state index contributed by atoms with van der Waals surface area (Å²) < 4.78 is 5.23. The van der Waals surface area contributed by atoms with Crippen molar-refractivity contribution in [2.45, 2.75) is 38.2 Å². The molecule has 0 amide bonds. The molecule has 2 fully saturated rings. The van der Waals surface area contributed by atoms with Crippen LogP contribution >= 0.6 is 0 Å². The summed E-state index contributed by atoms with van der Waals surface area (Å²) in [6.07, 6.45) is 4.24. The molecule has 10 heavy (non-hydrogen) atoms. The number of ether oxygens (including phenoxy) is 1. The number of fused-ring (bicyclic) bond motifs is 2. The first-order valence-electron chi connectivity index (χ1n) is 3.92. The summed E-state index contributed by atoms with van der Waals surface area (Å²) in [5.41, 5.74) is -0.0833. The van der Waals surface area contributed by atoms with Gasteiger partial charge in [0.15, 0.2) is 0 Å². The minimum atomic E-state index is -0.0833. The van der Waals surface area contributed by atoms with E-state index >= 15 is 0 Å². The van der Waals surface area contributed by atoms with E-state index in [9.17, 15) is 4.79 Å². The molecule has 1 saturated heterocycles. The van der Waals surface area contributed by atoms with Gasteiger partial charge in [0, 0.05) is 6.42 Å². The lowest BCUT2D eigenvalue weighted by molar-refractivity contribution is -0.148. The topological polar surface area (TPSA) is 26.3 Å². The van der Waals surface area contributed by atoms with Crippen LogP contribution < -0.4 is 0 Å². The number of carbonyl (C=O) groups excluding carboxylic acids is 1. The van der Waals surface area contributed by atoms with E-state index in [4.69, 9.17) is 4.74 Å². The van der Waals surface area contributed by atoms with Crippen molar-refractivity contribution in [3.63, 3.8) is 0 Å². The van der Waals surface area contributed by atoms with E-state index in [1.165, 1.54) is 0 Å². The van der Waals surface area contributed by atoms with Crippen LogP contribution in [-0.4, -0.2) is 11.6 Å². The van der Waals surface area contributed by atoms with Crippen LogP contribution in [-0.2, 0) is 9.53 Å². The van der Waals surface area contributed by atoms with Crippen LogP contribution in [0, 0.1) is 5.92 Å². The minimum absolute atomic E-state index is 0.0417. The van der Waals surface area contributed by atoms with E-state index in [1.807, 2.05) is 6.92 Å². The molecular formula is C8H12O2. The van der Waals surface area contributed by atoms with Gasteiger partial charge in [-0.1, -0.05) is 0 Å². The molecule has 1 saturated carbocycles. The van der Waals surface area contributed by atoms with Crippen LogP contribution in [0.15, 0.2) is 0 Å². The van der Waals surface area contributed by atoms with Gasteiger partial charge in [-0.15, -0.1) is 0 Å². The first-order valence-corrected chi connectivity index (χ1v) is 3.92. The Hall–Kier alpha value is -0.530. The molecule has 1 aliphatic carbocycles. The number of esters is 1. The van der Waals surface area contributed by atoms with E-state index < -0.39 is 0 Å². The summed E-state index contributed by atoms with van der Waals surface area (Å²) in [6, 6.07) is 0. The molecule has 2 atom stereocenters. The Bertz CT molecular complexity index is 176. The molecule has 1 aliphatic heterocycles. The molecule has 0 N–H and O–H groups in total. The van der Waals surface area contributed by atoms with Gasteiger partial charge in [-0.2, -0.15) is 0 Å². The molecular weight excluding hydrogens is 128 g/mol. The molecule has 1 heterocycles. The largest absolute Gasteiger partial charge is 0.459 e. The van der Waals surface area contributed by atoms with E-state index in [1.54, 1.807) is 0 Å². The van der Waals surface area contributed by atoms with Crippen LogP contribution in [0.2, 0.25) is 0 Å². The highest BCUT2D eigenvalue weighted by Gasteiger charge is 2.45. The zero-order valence-electron chi connectivity index (χ0n) is 6.22. The third-order valence-corrected chi connectivity index (χ3v) is 2.62. The highest BCUT2D eigenvalue weighted by molar-refractivity contribution is 5.75. The SMILES string of the molecule is CC12CCCC(C1)C(=O)O2. The van der Waals surface area contributed by atoms with Crippen LogP contribution in [0.1, 0.15) is 32.6 Å². The summed E-state index contributed by atoms with van der Waals surface area (Å²) in [5.74, 6) is 0.277. The lowest BCUT2D eigenvalue weighted by Crippen LogP contribution is -2.25. The summed E-state index contributed by atoms with van der Waals surface area (Å²) >= 11 is 0. The van der Waals surface area contributed by atoms with Crippen molar-refractivity contribution in [1.29, 1.82) is 0 Å². The summed E-state index contributed by atoms with van der Waals surface area (Å²) in [7, 11) is 0. The second kappa shape index (κ2) is 1.74. The molecule has 0 aromatic rings. The van der Waals surface area contributed by atoms with Gasteiger partial charge >= 0.3 is 5.97 Å². The fraction of sp³-hybridized carbons (Fsp3) is 0.875. The maximum absolute atomic E-state index is 11.0. The Morgan fingerprint density at radius 3 is 3.10 bits per heavy atom. The first kappa shape index (κ1) is 6.20. The quantitative estimate of drug-likeness (QED) is 0.476. The van der Waals surface area contributed by atoms with E-state index in [0.717, 1.165) is 25.7 Å². The number of carbonyl (C=O) groups is 1. The normalized spacial score (nSPS) is 45.3. The van der Waals surface area contributed by atoms with Gasteiger partial charge in [0.2, 0.25) is 0 Å². The monoisotopic (exact) mass is 140 g/mol. The molecule has 2 heteroatoms. The third-order valence-electron chi connectivity index (χ3n) is 2.62. The Balaban J connectivity index is 2.23. The molecule has 2 rings (SSSR count). The standard InChI is InChI=1S/C8H12O2/c1-8-4-2-3-6(5-8)7(9)10-8/h6H,2-5H2,1H3. The highest BCUT2D eigenvalue weighted by Crippen LogP contribution is 2.41.